The third kappa shape index (κ3) is 9.16. The normalized spacial score (nSPS) is 26.1. The maximum Gasteiger partial charge on any atom is 0.407 e. The van der Waals surface area contributed by atoms with E-state index in [1.165, 1.54) is 11.0 Å². The van der Waals surface area contributed by atoms with Crippen LogP contribution < -0.4 is 20.1 Å². The third-order valence-electron chi connectivity index (χ3n) is 11.3. The van der Waals surface area contributed by atoms with Gasteiger partial charge in [-0.15, -0.1) is 6.58 Å². The lowest BCUT2D eigenvalue weighted by molar-refractivity contribution is -0.141. The highest BCUT2D eigenvalue weighted by molar-refractivity contribution is 7.91. The number of benzene rings is 2. The zero-order valence-corrected chi connectivity index (χ0v) is 33.1. The zero-order chi connectivity index (χ0) is 40.2. The molecule has 3 aromatic rings. The molecule has 3 fully saturated rings. The van der Waals surface area contributed by atoms with Crippen LogP contribution in [0.15, 0.2) is 73.3 Å². The number of fused-ring (bicyclic) bond motifs is 3. The predicted molar refractivity (Wildman–Crippen MR) is 216 cm³/mol. The van der Waals surface area contributed by atoms with Crippen LogP contribution in [0.5, 0.6) is 5.75 Å². The number of aromatic nitrogens is 1. The Labute approximate surface area is 333 Å². The molecule has 1 aromatic heterocycles. The van der Waals surface area contributed by atoms with Crippen LogP contribution in [0.3, 0.4) is 0 Å². The maximum absolute atomic E-state index is 14.6. The highest BCUT2D eigenvalue weighted by Crippen LogP contribution is 2.45. The minimum atomic E-state index is -3.90. The summed E-state index contributed by atoms with van der Waals surface area (Å²) in [6.07, 6.45) is 10.4. The Bertz CT molecular complexity index is 2160. The van der Waals surface area contributed by atoms with Crippen LogP contribution in [-0.2, 0) is 29.1 Å². The van der Waals surface area contributed by atoms with E-state index < -0.39 is 68.7 Å². The standard InChI is InChI=1S/C43H51N5O8S/c1-3-5-17-35-40(50)48-27-31(24-37(48)39(49)46-43(26-30(43)4-2)41(51)47-57(53,54)32-19-20-32)56-38-25-36(29-15-11-9-12-16-29)44-34-21-18-28(23-33(34)38)14-10-7-6-8-13-22-55-42(52)45-35/h4,9-12,14-16,18,21,23,25,30-32,35,37H,2-3,5-8,13,17,19-20,22,24,26-27H2,1H3,(H,45,52)(H,46,49)(H,47,51)/b14-10-/t30-,31-,35+,37+,43-/m1/s1. The van der Waals surface area contributed by atoms with E-state index in [1.807, 2.05) is 61.5 Å². The molecule has 0 spiro atoms. The largest absolute Gasteiger partial charge is 0.488 e. The van der Waals surface area contributed by atoms with Crippen LogP contribution in [0, 0.1) is 5.92 Å². The Kier molecular flexibility index (Phi) is 12.0. The van der Waals surface area contributed by atoms with Crippen molar-refractivity contribution in [1.82, 2.24) is 25.2 Å². The molecule has 7 rings (SSSR count). The number of sulfonamides is 1. The van der Waals surface area contributed by atoms with Gasteiger partial charge in [-0.25, -0.2) is 18.2 Å². The number of hydrogen-bond donors (Lipinski definition) is 3. The van der Waals surface area contributed by atoms with Crippen molar-refractivity contribution < 1.29 is 37.1 Å². The van der Waals surface area contributed by atoms with Gasteiger partial charge in [-0.05, 0) is 69.1 Å². The lowest BCUT2D eigenvalue weighted by Crippen LogP contribution is -2.58. The Morgan fingerprint density at radius 3 is 2.63 bits per heavy atom. The average molecular weight is 798 g/mol. The van der Waals surface area contributed by atoms with Gasteiger partial charge in [0.25, 0.3) is 5.91 Å². The average Bonchev–Trinajstić information content (AvgIpc) is 4.14. The van der Waals surface area contributed by atoms with Crippen molar-refractivity contribution in [2.75, 3.05) is 13.2 Å². The number of ether oxygens (including phenoxy) is 2. The molecule has 2 saturated carbocycles. The van der Waals surface area contributed by atoms with E-state index in [-0.39, 0.29) is 26.0 Å². The Hall–Kier alpha value is -5.24. The van der Waals surface area contributed by atoms with Crippen molar-refractivity contribution in [1.29, 1.82) is 0 Å². The van der Waals surface area contributed by atoms with Crippen LogP contribution in [0.4, 0.5) is 4.79 Å². The molecule has 5 atom stereocenters. The smallest absolute Gasteiger partial charge is 0.407 e. The first-order valence-corrected chi connectivity index (χ1v) is 21.6. The van der Waals surface area contributed by atoms with Crippen LogP contribution in [0.1, 0.15) is 83.1 Å². The molecule has 4 bridgehead atoms. The van der Waals surface area contributed by atoms with E-state index in [1.54, 1.807) is 0 Å². The molecule has 14 heteroatoms. The summed E-state index contributed by atoms with van der Waals surface area (Å²) < 4.78 is 40.0. The highest BCUT2D eigenvalue weighted by atomic mass is 32.2. The van der Waals surface area contributed by atoms with Crippen molar-refractivity contribution in [3.63, 3.8) is 0 Å². The number of carbonyl (C=O) groups is 4. The van der Waals surface area contributed by atoms with Crippen molar-refractivity contribution >= 4 is 50.8 Å². The molecular formula is C43H51N5O8S. The molecule has 57 heavy (non-hydrogen) atoms. The molecule has 4 amide bonds. The highest BCUT2D eigenvalue weighted by Gasteiger charge is 2.62. The molecule has 2 aliphatic carbocycles. The number of carbonyl (C=O) groups excluding carboxylic acids is 4. The third-order valence-corrected chi connectivity index (χ3v) is 13.1. The van der Waals surface area contributed by atoms with Gasteiger partial charge in [-0.2, -0.15) is 0 Å². The maximum atomic E-state index is 14.6. The minimum Gasteiger partial charge on any atom is -0.488 e. The summed E-state index contributed by atoms with van der Waals surface area (Å²) in [7, 11) is -3.90. The lowest BCUT2D eigenvalue weighted by Gasteiger charge is -2.29. The van der Waals surface area contributed by atoms with E-state index in [2.05, 4.69) is 34.1 Å². The molecule has 0 unspecified atom stereocenters. The lowest BCUT2D eigenvalue weighted by atomic mass is 10.1. The summed E-state index contributed by atoms with van der Waals surface area (Å²) >= 11 is 0. The quantitative estimate of drug-likeness (QED) is 0.215. The van der Waals surface area contributed by atoms with Gasteiger partial charge < -0.3 is 25.0 Å². The van der Waals surface area contributed by atoms with Crippen LogP contribution in [0.25, 0.3) is 28.2 Å². The Balaban J connectivity index is 1.24. The van der Waals surface area contributed by atoms with Crippen molar-refractivity contribution in [3.05, 3.63) is 78.9 Å². The van der Waals surface area contributed by atoms with Crippen LogP contribution >= 0.6 is 0 Å². The predicted octanol–water partition coefficient (Wildman–Crippen LogP) is 5.79. The van der Waals surface area contributed by atoms with Crippen molar-refractivity contribution in [3.8, 4) is 17.0 Å². The number of hydrogen-bond acceptors (Lipinski definition) is 9. The summed E-state index contributed by atoms with van der Waals surface area (Å²) in [6.45, 7) is 5.99. The second-order valence-electron chi connectivity index (χ2n) is 15.5. The topological polar surface area (TPSA) is 173 Å². The molecule has 3 heterocycles. The van der Waals surface area contributed by atoms with E-state index in [0.717, 1.165) is 42.2 Å². The van der Waals surface area contributed by atoms with Crippen LogP contribution in [-0.4, -0.2) is 84.2 Å². The van der Waals surface area contributed by atoms with Gasteiger partial charge >= 0.3 is 6.09 Å². The molecule has 3 N–H and O–H groups in total. The number of unbranched alkanes of at least 4 members (excludes halogenated alkanes) is 1. The molecule has 2 aromatic carbocycles. The van der Waals surface area contributed by atoms with Gasteiger partial charge in [0.15, 0.2) is 0 Å². The first-order chi connectivity index (χ1) is 27.5. The SMILES string of the molecule is C=C[C@@H]1C[C@]1(NC(=O)[C@@H]1C[C@@H]2CN1C(=O)[C@H](CCCC)NC(=O)OCCCCC/C=C\c1ccc3nc(-c4ccccc4)cc(c3c1)O2)C(=O)NS(=O)(=O)C1CC1. The minimum absolute atomic E-state index is 0.000491. The van der Waals surface area contributed by atoms with Gasteiger partial charge in [-0.1, -0.05) is 74.4 Å². The Morgan fingerprint density at radius 1 is 1.09 bits per heavy atom. The molecule has 302 valence electrons. The molecule has 13 nitrogen and oxygen atoms in total. The van der Waals surface area contributed by atoms with E-state index in [9.17, 15) is 27.6 Å². The number of allylic oxidation sites excluding steroid dienone is 1. The summed E-state index contributed by atoms with van der Waals surface area (Å²) in [6, 6.07) is 15.5. The van der Waals surface area contributed by atoms with Gasteiger partial charge in [0.1, 0.15) is 29.5 Å². The van der Waals surface area contributed by atoms with Gasteiger partial charge in [-0.3, -0.25) is 19.1 Å². The first kappa shape index (κ1) is 40.0. The van der Waals surface area contributed by atoms with Crippen LogP contribution in [0.2, 0.25) is 0 Å². The molecule has 4 aliphatic rings. The van der Waals surface area contributed by atoms with Gasteiger partial charge in [0.05, 0.1) is 29.6 Å². The number of pyridine rings is 1. The second kappa shape index (κ2) is 17.1. The number of nitrogens with one attached hydrogen (secondary N) is 3. The number of amides is 4. The number of cyclic esters (lactones) is 1. The molecule has 0 radical (unpaired) electrons. The summed E-state index contributed by atoms with van der Waals surface area (Å²) in [4.78, 5) is 62.0. The fourth-order valence-corrected chi connectivity index (χ4v) is 9.08. The number of rotatable bonds is 10. The number of nitrogens with zero attached hydrogens (tertiary/aromatic N) is 2. The second-order valence-corrected chi connectivity index (χ2v) is 17.5. The Morgan fingerprint density at radius 2 is 1.89 bits per heavy atom. The van der Waals surface area contributed by atoms with E-state index in [0.29, 0.717) is 49.1 Å². The van der Waals surface area contributed by atoms with Gasteiger partial charge in [0.2, 0.25) is 21.8 Å². The van der Waals surface area contributed by atoms with Crippen molar-refractivity contribution in [2.45, 2.75) is 107 Å². The van der Waals surface area contributed by atoms with E-state index >= 15 is 0 Å². The zero-order valence-electron chi connectivity index (χ0n) is 32.3. The van der Waals surface area contributed by atoms with E-state index in [4.69, 9.17) is 14.5 Å². The molecular weight excluding hydrogens is 747 g/mol. The number of alkyl carbamates (subject to hydrolysis) is 1. The fourth-order valence-electron chi connectivity index (χ4n) is 7.72. The fraction of sp³-hybridized carbons (Fsp3) is 0.465. The monoisotopic (exact) mass is 797 g/mol. The summed E-state index contributed by atoms with van der Waals surface area (Å²) in [5.74, 6) is -1.93. The first-order valence-electron chi connectivity index (χ1n) is 20.1. The summed E-state index contributed by atoms with van der Waals surface area (Å²) in [5, 5.41) is 5.73. The molecule has 2 aliphatic heterocycles. The van der Waals surface area contributed by atoms with Gasteiger partial charge in [0, 0.05) is 29.4 Å². The summed E-state index contributed by atoms with van der Waals surface area (Å²) in [5.41, 5.74) is 1.71. The van der Waals surface area contributed by atoms with Crippen molar-refractivity contribution in [2.24, 2.45) is 5.92 Å². The molecule has 1 saturated heterocycles.